The molecule has 1 aliphatic heterocycles. The Labute approximate surface area is 156 Å². The van der Waals surface area contributed by atoms with E-state index in [0.29, 0.717) is 18.2 Å². The molecule has 0 saturated carbocycles. The lowest BCUT2D eigenvalue weighted by atomic mass is 10.2. The van der Waals surface area contributed by atoms with Crippen molar-refractivity contribution in [3.05, 3.63) is 29.8 Å². The van der Waals surface area contributed by atoms with Crippen LogP contribution in [0, 0.1) is 6.92 Å². The van der Waals surface area contributed by atoms with Crippen LogP contribution in [0.2, 0.25) is 0 Å². The van der Waals surface area contributed by atoms with Crippen molar-refractivity contribution in [3.8, 4) is 0 Å². The van der Waals surface area contributed by atoms with E-state index in [1.807, 2.05) is 12.1 Å². The third-order valence-electron chi connectivity index (χ3n) is 3.70. The number of benzene rings is 1. The van der Waals surface area contributed by atoms with Crippen molar-refractivity contribution in [1.82, 2.24) is 4.90 Å². The van der Waals surface area contributed by atoms with Crippen molar-refractivity contribution < 1.29 is 4.74 Å². The van der Waals surface area contributed by atoms with Gasteiger partial charge in [-0.3, -0.25) is 9.89 Å². The maximum absolute atomic E-state index is 5.92. The molecule has 0 aromatic heterocycles. The van der Waals surface area contributed by atoms with Gasteiger partial charge in [-0.15, -0.1) is 24.0 Å². The molecule has 1 saturated heterocycles. The Hall–Kier alpha value is -0.860. The number of nitrogens with zero attached hydrogens (tertiary/aromatic N) is 2. The van der Waals surface area contributed by atoms with Crippen LogP contribution < -0.4 is 11.1 Å². The zero-order valence-electron chi connectivity index (χ0n) is 14.3. The summed E-state index contributed by atoms with van der Waals surface area (Å²) in [4.78, 5) is 6.84. The molecule has 0 bridgehead atoms. The average Bonchev–Trinajstić information content (AvgIpc) is 2.42. The standard InChI is InChI=1S/C17H28N4O.HI/c1-13-6-4-7-16(10-13)20-17(18)19-8-5-9-21-11-14(2)22-15(3)12-21;/h4,6-7,10,14-15H,5,8-9,11-12H2,1-3H3,(H3,18,19,20);1H. The van der Waals surface area contributed by atoms with Crippen LogP contribution in [0.4, 0.5) is 5.69 Å². The number of halogens is 1. The predicted molar refractivity (Wildman–Crippen MR) is 108 cm³/mol. The fourth-order valence-electron chi connectivity index (χ4n) is 2.87. The maximum Gasteiger partial charge on any atom is 0.193 e. The smallest absolute Gasteiger partial charge is 0.193 e. The molecule has 0 aliphatic carbocycles. The van der Waals surface area contributed by atoms with Gasteiger partial charge in [-0.1, -0.05) is 12.1 Å². The van der Waals surface area contributed by atoms with Crippen molar-refractivity contribution in [2.24, 2.45) is 10.7 Å². The summed E-state index contributed by atoms with van der Waals surface area (Å²) in [5.41, 5.74) is 8.11. The molecule has 0 amide bonds. The number of nitrogens with two attached hydrogens (primary N) is 1. The summed E-state index contributed by atoms with van der Waals surface area (Å²) < 4.78 is 5.74. The quantitative estimate of drug-likeness (QED) is 0.325. The third-order valence-corrected chi connectivity index (χ3v) is 3.70. The Morgan fingerprint density at radius 2 is 2.04 bits per heavy atom. The van der Waals surface area contributed by atoms with E-state index in [1.54, 1.807) is 0 Å². The van der Waals surface area contributed by atoms with E-state index in [1.165, 1.54) is 5.56 Å². The molecule has 0 radical (unpaired) electrons. The fraction of sp³-hybridized carbons (Fsp3) is 0.588. The highest BCUT2D eigenvalue weighted by atomic mass is 127. The first-order valence-electron chi connectivity index (χ1n) is 8.04. The van der Waals surface area contributed by atoms with Crippen LogP contribution in [0.3, 0.4) is 0 Å². The van der Waals surface area contributed by atoms with Crippen molar-refractivity contribution in [2.45, 2.75) is 39.4 Å². The van der Waals surface area contributed by atoms with Gasteiger partial charge in [0.05, 0.1) is 12.2 Å². The fourth-order valence-corrected chi connectivity index (χ4v) is 2.87. The van der Waals surface area contributed by atoms with Gasteiger partial charge in [0.2, 0.25) is 0 Å². The molecule has 3 N–H and O–H groups in total. The second-order valence-corrected chi connectivity index (χ2v) is 6.13. The molecule has 130 valence electrons. The van der Waals surface area contributed by atoms with E-state index in [2.05, 4.69) is 48.1 Å². The van der Waals surface area contributed by atoms with Crippen LogP contribution in [-0.4, -0.2) is 49.2 Å². The number of aliphatic imine (C=N–C) groups is 1. The Bertz CT molecular complexity index is 499. The van der Waals surface area contributed by atoms with E-state index >= 15 is 0 Å². The molecule has 0 spiro atoms. The number of ether oxygens (including phenoxy) is 1. The van der Waals surface area contributed by atoms with Crippen LogP contribution in [0.25, 0.3) is 0 Å². The van der Waals surface area contributed by atoms with Crippen molar-refractivity contribution in [2.75, 3.05) is 31.5 Å². The number of aryl methyl sites for hydroxylation is 1. The molecule has 6 heteroatoms. The summed E-state index contributed by atoms with van der Waals surface area (Å²) >= 11 is 0. The monoisotopic (exact) mass is 432 g/mol. The van der Waals surface area contributed by atoms with Gasteiger partial charge in [-0.05, 0) is 44.9 Å². The first kappa shape index (κ1) is 20.2. The molecular formula is C17H29IN4O. The second-order valence-electron chi connectivity index (χ2n) is 6.13. The molecule has 1 aliphatic rings. The van der Waals surface area contributed by atoms with E-state index in [-0.39, 0.29) is 24.0 Å². The normalized spacial score (nSPS) is 22.5. The minimum absolute atomic E-state index is 0. The molecule has 2 rings (SSSR count). The molecule has 1 aromatic rings. The van der Waals surface area contributed by atoms with Gasteiger partial charge in [0, 0.05) is 31.9 Å². The summed E-state index contributed by atoms with van der Waals surface area (Å²) in [5.74, 6) is 0.481. The van der Waals surface area contributed by atoms with Gasteiger partial charge >= 0.3 is 0 Å². The Kier molecular flexibility index (Phi) is 8.86. The largest absolute Gasteiger partial charge is 0.373 e. The van der Waals surface area contributed by atoms with Crippen LogP contribution >= 0.6 is 24.0 Å². The van der Waals surface area contributed by atoms with Crippen LogP contribution in [0.15, 0.2) is 29.3 Å². The van der Waals surface area contributed by atoms with Gasteiger partial charge in [-0.2, -0.15) is 0 Å². The molecule has 5 nitrogen and oxygen atoms in total. The molecule has 2 atom stereocenters. The lowest BCUT2D eigenvalue weighted by Crippen LogP contribution is -2.45. The second kappa shape index (κ2) is 10.1. The van der Waals surface area contributed by atoms with Crippen LogP contribution in [0.5, 0.6) is 0 Å². The zero-order chi connectivity index (χ0) is 15.9. The maximum atomic E-state index is 5.92. The van der Waals surface area contributed by atoms with Gasteiger partial charge in [0.25, 0.3) is 0 Å². The number of nitrogens with one attached hydrogen (secondary N) is 1. The number of anilines is 1. The topological polar surface area (TPSA) is 62.9 Å². The Balaban J connectivity index is 0.00000264. The number of hydrogen-bond donors (Lipinski definition) is 2. The predicted octanol–water partition coefficient (Wildman–Crippen LogP) is 2.84. The molecule has 1 heterocycles. The zero-order valence-corrected chi connectivity index (χ0v) is 16.6. The molecule has 1 fully saturated rings. The summed E-state index contributed by atoms with van der Waals surface area (Å²) in [6.45, 7) is 10.1. The number of hydrogen-bond acceptors (Lipinski definition) is 3. The molecule has 2 unspecified atom stereocenters. The molecular weight excluding hydrogens is 403 g/mol. The lowest BCUT2D eigenvalue weighted by molar-refractivity contribution is -0.0679. The highest BCUT2D eigenvalue weighted by Gasteiger charge is 2.21. The van der Waals surface area contributed by atoms with Crippen molar-refractivity contribution in [3.63, 3.8) is 0 Å². The summed E-state index contributed by atoms with van der Waals surface area (Å²) in [5, 5.41) is 3.13. The van der Waals surface area contributed by atoms with Crippen molar-refractivity contribution >= 4 is 35.6 Å². The number of guanidine groups is 1. The lowest BCUT2D eigenvalue weighted by Gasteiger charge is -2.35. The molecule has 1 aromatic carbocycles. The van der Waals surface area contributed by atoms with E-state index < -0.39 is 0 Å². The highest BCUT2D eigenvalue weighted by molar-refractivity contribution is 14.0. The van der Waals surface area contributed by atoms with E-state index in [9.17, 15) is 0 Å². The van der Waals surface area contributed by atoms with Crippen LogP contribution in [0.1, 0.15) is 25.8 Å². The van der Waals surface area contributed by atoms with Crippen LogP contribution in [-0.2, 0) is 4.74 Å². The van der Waals surface area contributed by atoms with Crippen molar-refractivity contribution in [1.29, 1.82) is 0 Å². The first-order valence-corrected chi connectivity index (χ1v) is 8.04. The summed E-state index contributed by atoms with van der Waals surface area (Å²) in [7, 11) is 0. The SMILES string of the molecule is Cc1cccc(NC(N)=NCCCN2CC(C)OC(C)C2)c1.I. The molecule has 23 heavy (non-hydrogen) atoms. The third kappa shape index (κ3) is 7.50. The highest BCUT2D eigenvalue weighted by Crippen LogP contribution is 2.11. The summed E-state index contributed by atoms with van der Waals surface area (Å²) in [6.07, 6.45) is 1.65. The minimum Gasteiger partial charge on any atom is -0.373 e. The van der Waals surface area contributed by atoms with Gasteiger partial charge < -0.3 is 15.8 Å². The van der Waals surface area contributed by atoms with Gasteiger partial charge in [0.15, 0.2) is 5.96 Å². The Morgan fingerprint density at radius 3 is 2.70 bits per heavy atom. The van der Waals surface area contributed by atoms with E-state index in [0.717, 1.165) is 38.3 Å². The Morgan fingerprint density at radius 1 is 1.35 bits per heavy atom. The number of morpholine rings is 1. The first-order chi connectivity index (χ1) is 10.5. The number of rotatable bonds is 5. The summed E-state index contributed by atoms with van der Waals surface area (Å²) in [6, 6.07) is 8.11. The van der Waals surface area contributed by atoms with Gasteiger partial charge in [-0.25, -0.2) is 0 Å². The average molecular weight is 432 g/mol. The van der Waals surface area contributed by atoms with Gasteiger partial charge in [0.1, 0.15) is 0 Å². The minimum atomic E-state index is 0. The van der Waals surface area contributed by atoms with E-state index in [4.69, 9.17) is 10.5 Å².